The molecular formula is C23H28FN3O3. The van der Waals surface area contributed by atoms with E-state index in [2.05, 4.69) is 5.32 Å². The molecule has 0 saturated carbocycles. The second-order valence-corrected chi connectivity index (χ2v) is 8.14. The zero-order valence-electron chi connectivity index (χ0n) is 17.1. The number of carbonyl (C=O) groups is 1. The number of urea groups is 1. The summed E-state index contributed by atoms with van der Waals surface area (Å²) in [5.74, 6) is 0.156. The third-order valence-corrected chi connectivity index (χ3v) is 6.29. The van der Waals surface area contributed by atoms with E-state index in [0.717, 1.165) is 29.5 Å². The number of carbonyl (C=O) groups excluding carboxylic acids is 1. The molecule has 4 rings (SSSR count). The summed E-state index contributed by atoms with van der Waals surface area (Å²) in [6.07, 6.45) is 1.94. The number of anilines is 1. The van der Waals surface area contributed by atoms with E-state index in [1.165, 1.54) is 6.07 Å². The van der Waals surface area contributed by atoms with Crippen molar-refractivity contribution in [1.29, 1.82) is 0 Å². The number of rotatable bonds is 3. The number of likely N-dealkylation sites (tertiary alicyclic amines) is 1. The van der Waals surface area contributed by atoms with Crippen LogP contribution < -0.4 is 11.1 Å². The molecular weight excluding hydrogens is 385 g/mol. The maximum absolute atomic E-state index is 13.8. The van der Waals surface area contributed by atoms with Gasteiger partial charge in [-0.3, -0.25) is 0 Å². The van der Waals surface area contributed by atoms with Crippen molar-refractivity contribution in [1.82, 2.24) is 4.90 Å². The fourth-order valence-electron chi connectivity index (χ4n) is 4.51. The maximum Gasteiger partial charge on any atom is 0.321 e. The van der Waals surface area contributed by atoms with E-state index in [-0.39, 0.29) is 29.8 Å². The summed E-state index contributed by atoms with van der Waals surface area (Å²) in [6.45, 7) is 3.40. The molecule has 30 heavy (non-hydrogen) atoms. The third-order valence-electron chi connectivity index (χ3n) is 6.29. The van der Waals surface area contributed by atoms with Gasteiger partial charge in [-0.1, -0.05) is 24.3 Å². The average molecular weight is 413 g/mol. The number of nitrogens with two attached hydrogens (primary N) is 1. The summed E-state index contributed by atoms with van der Waals surface area (Å²) in [7, 11) is 0. The fraction of sp³-hybridized carbons (Fsp3) is 0.435. The van der Waals surface area contributed by atoms with Gasteiger partial charge in [0.1, 0.15) is 11.6 Å². The highest BCUT2D eigenvalue weighted by molar-refractivity contribution is 5.89. The molecule has 0 aromatic heterocycles. The lowest BCUT2D eigenvalue weighted by molar-refractivity contribution is -0.0624. The minimum absolute atomic E-state index is 0.0458. The van der Waals surface area contributed by atoms with Gasteiger partial charge in [0, 0.05) is 31.6 Å². The minimum Gasteiger partial charge on any atom is -0.507 e. The number of ether oxygens (including phenoxy) is 1. The zero-order valence-corrected chi connectivity index (χ0v) is 17.1. The highest BCUT2D eigenvalue weighted by Crippen LogP contribution is 2.40. The molecule has 0 aliphatic carbocycles. The standard InChI is InChI=1S/C23H28FN3O3/c1-14-6-7-16-17(22(14)28)12-20(30-21(16)13-25)15-8-10-27(11-9-15)23(29)26-19-5-3-2-4-18(19)24/h2-7,15,20-21,28H,8-13,25H2,1H3,(H,26,29)/t20-,21-/m0/s1. The van der Waals surface area contributed by atoms with Crippen molar-refractivity contribution in [2.75, 3.05) is 25.0 Å². The Morgan fingerprint density at radius 3 is 2.70 bits per heavy atom. The Morgan fingerprint density at radius 1 is 1.27 bits per heavy atom. The third kappa shape index (κ3) is 4.00. The maximum atomic E-state index is 13.8. The van der Waals surface area contributed by atoms with Crippen LogP contribution in [0.3, 0.4) is 0 Å². The van der Waals surface area contributed by atoms with Crippen LogP contribution in [-0.2, 0) is 11.2 Å². The highest BCUT2D eigenvalue weighted by Gasteiger charge is 2.36. The molecule has 2 atom stereocenters. The number of amides is 2. The van der Waals surface area contributed by atoms with Crippen molar-refractivity contribution in [2.24, 2.45) is 11.7 Å². The number of hydrogen-bond acceptors (Lipinski definition) is 4. The molecule has 2 aromatic carbocycles. The summed E-state index contributed by atoms with van der Waals surface area (Å²) >= 11 is 0. The van der Waals surface area contributed by atoms with Gasteiger partial charge in [0.25, 0.3) is 0 Å². The molecule has 4 N–H and O–H groups in total. The van der Waals surface area contributed by atoms with Crippen LogP contribution in [0.4, 0.5) is 14.9 Å². The quantitative estimate of drug-likeness (QED) is 0.716. The molecule has 2 aliphatic heterocycles. The van der Waals surface area contributed by atoms with Crippen molar-refractivity contribution >= 4 is 11.7 Å². The monoisotopic (exact) mass is 413 g/mol. The number of nitrogens with zero attached hydrogens (tertiary/aromatic N) is 1. The van der Waals surface area contributed by atoms with E-state index in [9.17, 15) is 14.3 Å². The predicted molar refractivity (Wildman–Crippen MR) is 113 cm³/mol. The van der Waals surface area contributed by atoms with Crippen molar-refractivity contribution in [2.45, 2.75) is 38.4 Å². The van der Waals surface area contributed by atoms with E-state index >= 15 is 0 Å². The molecule has 160 valence electrons. The Morgan fingerprint density at radius 2 is 2.00 bits per heavy atom. The van der Waals surface area contributed by atoms with Gasteiger partial charge in [-0.25, -0.2) is 9.18 Å². The van der Waals surface area contributed by atoms with E-state index < -0.39 is 5.82 Å². The van der Waals surface area contributed by atoms with Gasteiger partial charge < -0.3 is 25.8 Å². The molecule has 0 radical (unpaired) electrons. The van der Waals surface area contributed by atoms with Gasteiger partial charge in [-0.2, -0.15) is 0 Å². The molecule has 2 aromatic rings. The van der Waals surface area contributed by atoms with Crippen LogP contribution in [0.15, 0.2) is 36.4 Å². The normalized spacial score (nSPS) is 21.9. The zero-order chi connectivity index (χ0) is 21.3. The number of piperidine rings is 1. The van der Waals surface area contributed by atoms with E-state index in [4.69, 9.17) is 10.5 Å². The molecule has 0 unspecified atom stereocenters. The number of hydrogen-bond donors (Lipinski definition) is 3. The molecule has 0 bridgehead atoms. The first kappa shape index (κ1) is 20.6. The van der Waals surface area contributed by atoms with Gasteiger partial charge in [0.05, 0.1) is 17.9 Å². The highest BCUT2D eigenvalue weighted by atomic mass is 19.1. The van der Waals surface area contributed by atoms with Crippen molar-refractivity contribution < 1.29 is 19.0 Å². The van der Waals surface area contributed by atoms with E-state index in [0.29, 0.717) is 31.8 Å². The van der Waals surface area contributed by atoms with Crippen molar-refractivity contribution in [3.63, 3.8) is 0 Å². The van der Waals surface area contributed by atoms with Crippen molar-refractivity contribution in [3.05, 3.63) is 58.9 Å². The van der Waals surface area contributed by atoms with Gasteiger partial charge >= 0.3 is 6.03 Å². The SMILES string of the molecule is Cc1ccc2c(c1O)C[C@@H](C1CCN(C(=O)Nc3ccccc3F)CC1)O[C@H]2CN. The van der Waals surface area contributed by atoms with Crippen LogP contribution in [0, 0.1) is 18.7 Å². The number of aryl methyl sites for hydroxylation is 1. The lowest BCUT2D eigenvalue weighted by Gasteiger charge is -2.40. The van der Waals surface area contributed by atoms with Crippen LogP contribution >= 0.6 is 0 Å². The predicted octanol–water partition coefficient (Wildman–Crippen LogP) is 3.72. The molecule has 6 nitrogen and oxygen atoms in total. The first-order chi connectivity index (χ1) is 14.5. The van der Waals surface area contributed by atoms with E-state index in [1.807, 2.05) is 19.1 Å². The summed E-state index contributed by atoms with van der Waals surface area (Å²) in [5.41, 5.74) is 8.89. The van der Waals surface area contributed by atoms with Crippen LogP contribution in [0.1, 0.15) is 35.6 Å². The lowest BCUT2D eigenvalue weighted by atomic mass is 9.83. The molecule has 2 aliphatic rings. The molecule has 2 heterocycles. The summed E-state index contributed by atoms with van der Waals surface area (Å²) in [4.78, 5) is 14.2. The van der Waals surface area contributed by atoms with Crippen molar-refractivity contribution in [3.8, 4) is 5.75 Å². The Bertz CT molecular complexity index is 928. The van der Waals surface area contributed by atoms with Crippen LogP contribution in [0.25, 0.3) is 0 Å². The average Bonchev–Trinajstić information content (AvgIpc) is 2.77. The first-order valence-corrected chi connectivity index (χ1v) is 10.4. The number of phenolic OH excluding ortho intramolecular Hbond substituents is 1. The van der Waals surface area contributed by atoms with Gasteiger partial charge in [-0.15, -0.1) is 0 Å². The minimum atomic E-state index is -0.446. The Hall–Kier alpha value is -2.64. The first-order valence-electron chi connectivity index (χ1n) is 10.4. The van der Waals surface area contributed by atoms with Gasteiger partial charge in [0.2, 0.25) is 0 Å². The second-order valence-electron chi connectivity index (χ2n) is 8.14. The topological polar surface area (TPSA) is 87.8 Å². The molecule has 0 spiro atoms. The van der Waals surface area contributed by atoms with E-state index in [1.54, 1.807) is 23.1 Å². The largest absolute Gasteiger partial charge is 0.507 e. The Balaban J connectivity index is 1.40. The molecule has 7 heteroatoms. The molecule has 1 fully saturated rings. The van der Waals surface area contributed by atoms with Crippen LogP contribution in [0.5, 0.6) is 5.75 Å². The number of nitrogens with one attached hydrogen (secondary N) is 1. The fourth-order valence-corrected chi connectivity index (χ4v) is 4.51. The number of benzene rings is 2. The molecule has 2 amide bonds. The number of para-hydroxylation sites is 1. The second kappa shape index (κ2) is 8.62. The number of fused-ring (bicyclic) bond motifs is 1. The summed E-state index contributed by atoms with van der Waals surface area (Å²) < 4.78 is 20.1. The molecule has 1 saturated heterocycles. The number of phenols is 1. The van der Waals surface area contributed by atoms with Gasteiger partial charge in [-0.05, 0) is 48.9 Å². The van der Waals surface area contributed by atoms with Crippen LogP contribution in [0.2, 0.25) is 0 Å². The Labute approximate surface area is 175 Å². The van der Waals surface area contributed by atoms with Gasteiger partial charge in [0.15, 0.2) is 0 Å². The Kier molecular flexibility index (Phi) is 5.92. The van der Waals surface area contributed by atoms with Crippen LogP contribution in [-0.4, -0.2) is 41.8 Å². The number of aromatic hydroxyl groups is 1. The number of halogens is 1. The lowest BCUT2D eigenvalue weighted by Crippen LogP contribution is -2.45. The summed E-state index contributed by atoms with van der Waals surface area (Å²) in [5, 5.41) is 13.2. The smallest absolute Gasteiger partial charge is 0.321 e. The summed E-state index contributed by atoms with van der Waals surface area (Å²) in [6, 6.07) is 9.75.